The van der Waals surface area contributed by atoms with Crippen molar-refractivity contribution in [2.24, 2.45) is 5.16 Å². The summed E-state index contributed by atoms with van der Waals surface area (Å²) in [5, 5.41) is 26.3. The van der Waals surface area contributed by atoms with Crippen LogP contribution in [0.15, 0.2) is 53.2 Å². The second-order valence-corrected chi connectivity index (χ2v) is 11.0. The molecule has 2 aliphatic rings. The number of β-lactam (4-membered cyclic amide) rings is 1. The average molecular weight is 592 g/mol. The smallest absolute Gasteiger partial charge is 0.344 e. The number of oxime groups is 1. The van der Waals surface area contributed by atoms with E-state index >= 15 is 0 Å². The Balaban J connectivity index is 1.37. The molecule has 39 heavy (non-hydrogen) atoms. The number of fused-ring (bicyclic) bond motifs is 2. The van der Waals surface area contributed by atoms with E-state index in [9.17, 15) is 24.3 Å². The fourth-order valence-corrected chi connectivity index (χ4v) is 6.46. The number of thiazole rings is 1. The number of anilines is 1. The van der Waals surface area contributed by atoms with Crippen molar-refractivity contribution in [3.05, 3.63) is 58.1 Å². The molecular weight excluding hydrogens is 574 g/mol. The lowest BCUT2D eigenvalue weighted by Gasteiger charge is -2.50. The number of nitrogens with one attached hydrogen (secondary N) is 1. The predicted octanol–water partition coefficient (Wildman–Crippen LogP) is -1.17. The van der Waals surface area contributed by atoms with E-state index in [1.807, 2.05) is 39.6 Å². The number of nitrogens with two attached hydrogens (primary N) is 1. The lowest BCUT2D eigenvalue weighted by molar-refractivity contribution is -0.510. The van der Waals surface area contributed by atoms with Crippen molar-refractivity contribution in [3.8, 4) is 0 Å². The number of amides is 2. The molecule has 3 aromatic rings. The Hall–Kier alpha value is -4.15. The van der Waals surface area contributed by atoms with Crippen molar-refractivity contribution in [2.75, 3.05) is 18.1 Å². The number of carbonyl (C=O) groups excluding carboxylic acids is 3. The van der Waals surface area contributed by atoms with Gasteiger partial charge in [0.1, 0.15) is 40.4 Å². The van der Waals surface area contributed by atoms with Gasteiger partial charge in [0.05, 0.1) is 17.9 Å². The summed E-state index contributed by atoms with van der Waals surface area (Å²) in [6.07, 6.45) is 5.49. The summed E-state index contributed by atoms with van der Waals surface area (Å²) >= 11 is 8.22. The molecule has 2 aliphatic heterocycles. The standard InChI is InChI=1S/C22H18ClN7O7S2/c23-17-13(26-22(24)39-17)14(27-37-8-12(31)32)18(33)25-15-19(34)30-16(21(35)36)10(9-38-20(15)30)7-29-6-5-28-4-2-1-3-11(28)29/h1-6,15,20H,7-9H2,(H4-,24,25,26,31,32,33,35,36)/b27-14+/t15-,20-/m1/s1. The first-order valence-electron chi connectivity index (χ1n) is 11.1. The lowest BCUT2D eigenvalue weighted by atomic mass is 10.0. The molecule has 5 rings (SSSR count). The van der Waals surface area contributed by atoms with Crippen molar-refractivity contribution in [3.63, 3.8) is 0 Å². The van der Waals surface area contributed by atoms with Gasteiger partial charge in [0.25, 0.3) is 17.5 Å². The number of carboxylic acids is 2. The molecule has 14 nitrogen and oxygen atoms in total. The number of rotatable bonds is 9. The van der Waals surface area contributed by atoms with Gasteiger partial charge in [0, 0.05) is 17.4 Å². The second kappa shape index (κ2) is 10.5. The molecule has 0 radical (unpaired) electrons. The molecule has 3 aromatic heterocycles. The molecule has 0 bridgehead atoms. The van der Waals surface area contributed by atoms with Crippen LogP contribution >= 0.6 is 34.7 Å². The normalized spacial score (nSPS) is 19.1. The minimum Gasteiger partial charge on any atom is -0.543 e. The highest BCUT2D eigenvalue weighted by Crippen LogP contribution is 2.40. The van der Waals surface area contributed by atoms with Gasteiger partial charge >= 0.3 is 5.97 Å². The van der Waals surface area contributed by atoms with E-state index in [1.165, 1.54) is 11.8 Å². The van der Waals surface area contributed by atoms with E-state index in [4.69, 9.17) is 27.3 Å². The zero-order chi connectivity index (χ0) is 27.8. The van der Waals surface area contributed by atoms with Gasteiger partial charge in [-0.1, -0.05) is 34.2 Å². The Kier molecular flexibility index (Phi) is 7.16. The van der Waals surface area contributed by atoms with Gasteiger partial charge in [0.2, 0.25) is 6.61 Å². The Morgan fingerprint density at radius 1 is 1.36 bits per heavy atom. The van der Waals surface area contributed by atoms with Gasteiger partial charge < -0.3 is 30.9 Å². The summed E-state index contributed by atoms with van der Waals surface area (Å²) in [4.78, 5) is 58.8. The van der Waals surface area contributed by atoms with Gasteiger partial charge in [-0.2, -0.15) is 0 Å². The number of hydrogen-bond acceptors (Lipinski definition) is 11. The van der Waals surface area contributed by atoms with Gasteiger partial charge in [-0.15, -0.1) is 11.8 Å². The zero-order valence-electron chi connectivity index (χ0n) is 19.6. The molecule has 2 atom stereocenters. The molecule has 0 aliphatic carbocycles. The number of halogens is 1. The Labute approximate surface area is 232 Å². The Morgan fingerprint density at radius 2 is 2.15 bits per heavy atom. The highest BCUT2D eigenvalue weighted by atomic mass is 35.5. The largest absolute Gasteiger partial charge is 0.543 e. The molecule has 0 aromatic carbocycles. The van der Waals surface area contributed by atoms with E-state index in [2.05, 4.69) is 15.5 Å². The van der Waals surface area contributed by atoms with E-state index in [1.54, 1.807) is 6.20 Å². The van der Waals surface area contributed by atoms with Crippen LogP contribution in [0.25, 0.3) is 5.65 Å². The van der Waals surface area contributed by atoms with E-state index in [-0.39, 0.29) is 33.2 Å². The van der Waals surface area contributed by atoms with Crippen LogP contribution in [0.5, 0.6) is 0 Å². The summed E-state index contributed by atoms with van der Waals surface area (Å²) in [5.74, 6) is -4.19. The number of carboxylic acid groups (broad SMARTS) is 2. The molecule has 1 fully saturated rings. The molecule has 5 heterocycles. The van der Waals surface area contributed by atoms with Crippen molar-refractivity contribution in [2.45, 2.75) is 18.0 Å². The second-order valence-electron chi connectivity index (χ2n) is 8.27. The number of imidazole rings is 1. The third-order valence-corrected chi connectivity index (χ3v) is 8.27. The van der Waals surface area contributed by atoms with E-state index in [0.29, 0.717) is 5.57 Å². The number of nitrogens with zero attached hydrogens (tertiary/aromatic N) is 5. The number of hydrogen-bond donors (Lipinski definition) is 3. The minimum atomic E-state index is -1.51. The fourth-order valence-electron chi connectivity index (χ4n) is 4.19. The topological polar surface area (TPSA) is 196 Å². The molecule has 0 saturated carbocycles. The summed E-state index contributed by atoms with van der Waals surface area (Å²) in [7, 11) is 0. The Bertz CT molecular complexity index is 1580. The maximum Gasteiger partial charge on any atom is 0.344 e. The molecule has 202 valence electrons. The third kappa shape index (κ3) is 5.00. The number of aromatic nitrogens is 3. The highest BCUT2D eigenvalue weighted by molar-refractivity contribution is 8.00. The molecular formula is C22H18ClN7O7S2. The van der Waals surface area contributed by atoms with Crippen LogP contribution in [-0.2, 0) is 30.6 Å². The van der Waals surface area contributed by atoms with Crippen LogP contribution in [-0.4, -0.2) is 72.8 Å². The number of aliphatic carboxylic acids is 2. The Morgan fingerprint density at radius 3 is 2.85 bits per heavy atom. The fraction of sp³-hybridized carbons (Fsp3) is 0.227. The number of nitrogen functional groups attached to an aromatic ring is 1. The van der Waals surface area contributed by atoms with Crippen molar-refractivity contribution in [1.29, 1.82) is 0 Å². The van der Waals surface area contributed by atoms with Gasteiger partial charge in [-0.3, -0.25) is 14.5 Å². The van der Waals surface area contributed by atoms with E-state index < -0.39 is 47.5 Å². The summed E-state index contributed by atoms with van der Waals surface area (Å²) in [5.41, 5.74) is 6.06. The summed E-state index contributed by atoms with van der Waals surface area (Å²) < 4.78 is 3.72. The lowest BCUT2D eigenvalue weighted by Crippen LogP contribution is -2.71. The number of thioether (sulfide) groups is 1. The molecule has 2 amide bonds. The van der Waals surface area contributed by atoms with Crippen LogP contribution in [0.3, 0.4) is 0 Å². The quantitative estimate of drug-likeness (QED) is 0.118. The highest BCUT2D eigenvalue weighted by Gasteiger charge is 2.53. The summed E-state index contributed by atoms with van der Waals surface area (Å²) in [6, 6.07) is 4.49. The van der Waals surface area contributed by atoms with Crippen LogP contribution in [0, 0.1) is 0 Å². The van der Waals surface area contributed by atoms with Crippen LogP contribution < -0.4 is 20.6 Å². The molecule has 4 N–H and O–H groups in total. The first-order valence-corrected chi connectivity index (χ1v) is 13.4. The zero-order valence-corrected chi connectivity index (χ0v) is 22.0. The average Bonchev–Trinajstić information content (AvgIpc) is 3.46. The first-order chi connectivity index (χ1) is 18.7. The number of pyridine rings is 1. The molecule has 1 saturated heterocycles. The van der Waals surface area contributed by atoms with Crippen molar-refractivity contribution in [1.82, 2.24) is 19.8 Å². The SMILES string of the molecule is Nc1nc(/C(=N\OCC(=O)O)C(=O)N[C@@H]2C(=O)N3C(C(=O)[O-])=C(Cn4cc[n+]5ccccc45)CS[C@H]23)c(Cl)s1. The maximum atomic E-state index is 13.1. The number of carbonyl (C=O) groups is 4. The van der Waals surface area contributed by atoms with Crippen molar-refractivity contribution < 1.29 is 38.6 Å². The van der Waals surface area contributed by atoms with E-state index in [0.717, 1.165) is 21.9 Å². The van der Waals surface area contributed by atoms with Crippen LogP contribution in [0.1, 0.15) is 5.69 Å². The molecule has 17 heteroatoms. The molecule has 0 spiro atoms. The maximum absolute atomic E-state index is 13.1. The van der Waals surface area contributed by atoms with Gasteiger partial charge in [-0.25, -0.2) is 18.7 Å². The molecule has 0 unspecified atom stereocenters. The van der Waals surface area contributed by atoms with Gasteiger partial charge in [-0.05, 0) is 6.07 Å². The first kappa shape index (κ1) is 26.5. The summed E-state index contributed by atoms with van der Waals surface area (Å²) in [6.45, 7) is -0.633. The third-order valence-electron chi connectivity index (χ3n) is 5.84. The van der Waals surface area contributed by atoms with Crippen LogP contribution in [0.4, 0.5) is 5.13 Å². The van der Waals surface area contributed by atoms with Crippen molar-refractivity contribution >= 4 is 74.9 Å². The predicted molar refractivity (Wildman–Crippen MR) is 136 cm³/mol. The van der Waals surface area contributed by atoms with Gasteiger partial charge in [0.15, 0.2) is 10.8 Å². The van der Waals surface area contributed by atoms with Crippen LogP contribution in [0.2, 0.25) is 4.34 Å². The monoisotopic (exact) mass is 591 g/mol. The minimum absolute atomic E-state index is 0.00330.